The van der Waals surface area contributed by atoms with E-state index in [1.54, 1.807) is 18.2 Å². The quantitative estimate of drug-likeness (QED) is 0.708. The Bertz CT molecular complexity index is 921. The minimum absolute atomic E-state index is 0.119. The highest BCUT2D eigenvalue weighted by Gasteiger charge is 2.15. The molecule has 1 amide bonds. The number of hydrogen-bond donors (Lipinski definition) is 2. The summed E-state index contributed by atoms with van der Waals surface area (Å²) in [5.41, 5.74) is 0.988. The number of sulfonamides is 1. The zero-order valence-corrected chi connectivity index (χ0v) is 16.2. The van der Waals surface area contributed by atoms with Gasteiger partial charge in [-0.2, -0.15) is 0 Å². The molecule has 0 saturated carbocycles. The van der Waals surface area contributed by atoms with Crippen molar-refractivity contribution in [3.8, 4) is 0 Å². The third kappa shape index (κ3) is 5.63. The summed E-state index contributed by atoms with van der Waals surface area (Å²) in [5.74, 6) is -0.763. The Balaban J connectivity index is 2.10. The number of nitrogens with one attached hydrogen (secondary N) is 2. The maximum atomic E-state index is 12.3. The molecule has 0 aromatic heterocycles. The maximum absolute atomic E-state index is 12.3. The number of carbonyl (C=O) groups is 2. The van der Waals surface area contributed by atoms with Crippen molar-refractivity contribution < 1.29 is 22.7 Å². The lowest BCUT2D eigenvalue weighted by molar-refractivity contribution is 0.0600. The molecule has 0 aliphatic heterocycles. The predicted octanol–water partition coefficient (Wildman–Crippen LogP) is 2.66. The van der Waals surface area contributed by atoms with Crippen LogP contribution in [0.1, 0.15) is 34.6 Å². The van der Waals surface area contributed by atoms with Gasteiger partial charge in [0.25, 0.3) is 5.91 Å². The minimum atomic E-state index is -3.58. The number of benzene rings is 2. The first-order valence-electron chi connectivity index (χ1n) is 8.32. The lowest BCUT2D eigenvalue weighted by Crippen LogP contribution is -2.27. The van der Waals surface area contributed by atoms with Gasteiger partial charge in [0.15, 0.2) is 0 Å². The van der Waals surface area contributed by atoms with Crippen molar-refractivity contribution in [3.05, 3.63) is 59.7 Å². The van der Waals surface area contributed by atoms with Crippen LogP contribution in [0.25, 0.3) is 0 Å². The van der Waals surface area contributed by atoms with E-state index in [1.165, 1.54) is 37.4 Å². The first kappa shape index (κ1) is 20.6. The summed E-state index contributed by atoms with van der Waals surface area (Å²) in [5, 5.41) is 2.66. The van der Waals surface area contributed by atoms with E-state index < -0.39 is 21.9 Å². The number of hydrogen-bond acceptors (Lipinski definition) is 5. The van der Waals surface area contributed by atoms with Crippen LogP contribution in [0.2, 0.25) is 0 Å². The van der Waals surface area contributed by atoms with Crippen LogP contribution in [0.3, 0.4) is 0 Å². The van der Waals surface area contributed by atoms with E-state index in [2.05, 4.69) is 14.8 Å². The van der Waals surface area contributed by atoms with Gasteiger partial charge in [0.2, 0.25) is 10.0 Å². The standard InChI is InChI=1S/C19H22N2O5S/c1-13(2)12-20-27(24,25)17-9-7-16(8-10-17)21-18(22)14-5-4-6-15(11-14)19(23)26-3/h4-11,13,20H,12H2,1-3H3,(H,21,22). The number of ether oxygens (including phenoxy) is 1. The van der Waals surface area contributed by atoms with Gasteiger partial charge in [0.1, 0.15) is 0 Å². The summed E-state index contributed by atoms with van der Waals surface area (Å²) in [4.78, 5) is 24.0. The van der Waals surface area contributed by atoms with Crippen LogP contribution in [0.4, 0.5) is 5.69 Å². The van der Waals surface area contributed by atoms with Crippen LogP contribution in [0.5, 0.6) is 0 Å². The molecule has 0 bridgehead atoms. The fourth-order valence-corrected chi connectivity index (χ4v) is 3.40. The summed E-state index contributed by atoms with van der Waals surface area (Å²) in [6.07, 6.45) is 0. The van der Waals surface area contributed by atoms with E-state index in [-0.39, 0.29) is 21.9 Å². The molecule has 0 fully saturated rings. The average molecular weight is 390 g/mol. The van der Waals surface area contributed by atoms with Crippen LogP contribution >= 0.6 is 0 Å². The first-order valence-corrected chi connectivity index (χ1v) is 9.80. The summed E-state index contributed by atoms with van der Waals surface area (Å²) in [7, 11) is -2.32. The van der Waals surface area contributed by atoms with Crippen molar-refractivity contribution in [1.82, 2.24) is 4.72 Å². The molecule has 27 heavy (non-hydrogen) atoms. The zero-order chi connectivity index (χ0) is 20.0. The molecule has 8 heteroatoms. The van der Waals surface area contributed by atoms with E-state index >= 15 is 0 Å². The van der Waals surface area contributed by atoms with Crippen molar-refractivity contribution in [2.45, 2.75) is 18.7 Å². The van der Waals surface area contributed by atoms with Crippen LogP contribution in [-0.4, -0.2) is 33.9 Å². The molecule has 0 aliphatic rings. The van der Waals surface area contributed by atoms with Gasteiger partial charge in [-0.3, -0.25) is 4.79 Å². The SMILES string of the molecule is COC(=O)c1cccc(C(=O)Nc2ccc(S(=O)(=O)NCC(C)C)cc2)c1. The third-order valence-electron chi connectivity index (χ3n) is 3.65. The molecule has 2 rings (SSSR count). The Morgan fingerprint density at radius 2 is 1.67 bits per heavy atom. The van der Waals surface area contributed by atoms with Gasteiger partial charge >= 0.3 is 5.97 Å². The second kappa shape index (κ2) is 8.79. The Hall–Kier alpha value is -2.71. The largest absolute Gasteiger partial charge is 0.465 e. The molecular weight excluding hydrogens is 368 g/mol. The lowest BCUT2D eigenvalue weighted by Gasteiger charge is -2.10. The average Bonchev–Trinajstić information content (AvgIpc) is 2.66. The number of methoxy groups -OCH3 is 1. The lowest BCUT2D eigenvalue weighted by atomic mass is 10.1. The second-order valence-electron chi connectivity index (χ2n) is 6.30. The number of esters is 1. The topological polar surface area (TPSA) is 102 Å². The van der Waals surface area contributed by atoms with Gasteiger partial charge in [-0.15, -0.1) is 0 Å². The van der Waals surface area contributed by atoms with Gasteiger partial charge < -0.3 is 10.1 Å². The molecule has 0 radical (unpaired) electrons. The smallest absolute Gasteiger partial charge is 0.337 e. The van der Waals surface area contributed by atoms with Crippen LogP contribution in [0.15, 0.2) is 53.4 Å². The summed E-state index contributed by atoms with van der Waals surface area (Å²) in [6.45, 7) is 4.17. The van der Waals surface area contributed by atoms with Gasteiger partial charge in [0.05, 0.1) is 17.6 Å². The van der Waals surface area contributed by atoms with Crippen LogP contribution in [-0.2, 0) is 14.8 Å². The minimum Gasteiger partial charge on any atom is -0.465 e. The molecule has 144 valence electrons. The van der Waals surface area contributed by atoms with Gasteiger partial charge in [-0.1, -0.05) is 19.9 Å². The summed E-state index contributed by atoms with van der Waals surface area (Å²) < 4.78 is 31.5. The Morgan fingerprint density at radius 3 is 2.26 bits per heavy atom. The van der Waals surface area contributed by atoms with Crippen LogP contribution < -0.4 is 10.0 Å². The molecule has 0 atom stereocenters. The van der Waals surface area contributed by atoms with Crippen molar-refractivity contribution in [2.75, 3.05) is 19.0 Å². The van der Waals surface area contributed by atoms with Crippen molar-refractivity contribution in [3.63, 3.8) is 0 Å². The Kier molecular flexibility index (Phi) is 6.70. The number of carbonyl (C=O) groups excluding carboxylic acids is 2. The summed E-state index contributed by atoms with van der Waals surface area (Å²) in [6, 6.07) is 12.0. The van der Waals surface area contributed by atoms with E-state index in [9.17, 15) is 18.0 Å². The van der Waals surface area contributed by atoms with Gasteiger partial charge in [0, 0.05) is 17.8 Å². The Morgan fingerprint density at radius 1 is 1.04 bits per heavy atom. The maximum Gasteiger partial charge on any atom is 0.337 e. The van der Waals surface area contributed by atoms with E-state index in [0.717, 1.165) is 0 Å². The Labute approximate surface area is 158 Å². The highest BCUT2D eigenvalue weighted by atomic mass is 32.2. The zero-order valence-electron chi connectivity index (χ0n) is 15.4. The summed E-state index contributed by atoms with van der Waals surface area (Å²) >= 11 is 0. The van der Waals surface area contributed by atoms with Crippen molar-refractivity contribution in [2.24, 2.45) is 5.92 Å². The molecule has 0 heterocycles. The highest BCUT2D eigenvalue weighted by molar-refractivity contribution is 7.89. The molecule has 0 unspecified atom stereocenters. The van der Waals surface area contributed by atoms with Crippen molar-refractivity contribution in [1.29, 1.82) is 0 Å². The van der Waals surface area contributed by atoms with E-state index in [1.807, 2.05) is 13.8 Å². The third-order valence-corrected chi connectivity index (χ3v) is 5.09. The molecule has 0 spiro atoms. The number of rotatable bonds is 7. The van der Waals surface area contributed by atoms with Crippen LogP contribution in [0, 0.1) is 5.92 Å². The number of amides is 1. The van der Waals surface area contributed by atoms with E-state index in [4.69, 9.17) is 0 Å². The normalized spacial score (nSPS) is 11.3. The molecular formula is C19H22N2O5S. The highest BCUT2D eigenvalue weighted by Crippen LogP contribution is 2.16. The van der Waals surface area contributed by atoms with Gasteiger partial charge in [-0.05, 0) is 48.4 Å². The molecule has 2 N–H and O–H groups in total. The second-order valence-corrected chi connectivity index (χ2v) is 8.06. The molecule has 2 aromatic carbocycles. The first-order chi connectivity index (χ1) is 12.7. The van der Waals surface area contributed by atoms with E-state index in [0.29, 0.717) is 12.2 Å². The fourth-order valence-electron chi connectivity index (χ4n) is 2.19. The molecule has 2 aromatic rings. The molecule has 0 saturated heterocycles. The predicted molar refractivity (Wildman–Crippen MR) is 102 cm³/mol. The number of anilines is 1. The van der Waals surface area contributed by atoms with Crippen molar-refractivity contribution >= 4 is 27.6 Å². The molecule has 0 aliphatic carbocycles. The molecule has 7 nitrogen and oxygen atoms in total. The fraction of sp³-hybridized carbons (Fsp3) is 0.263. The monoisotopic (exact) mass is 390 g/mol. The van der Waals surface area contributed by atoms with Gasteiger partial charge in [-0.25, -0.2) is 17.9 Å².